The van der Waals surface area contributed by atoms with Gasteiger partial charge < -0.3 is 9.47 Å². The Bertz CT molecular complexity index is 1120. The molecule has 0 aromatic heterocycles. The molecule has 0 aliphatic carbocycles. The average molecular weight is 426 g/mol. The van der Waals surface area contributed by atoms with Crippen LogP contribution in [-0.2, 0) is 14.8 Å². The second-order valence-electron chi connectivity index (χ2n) is 6.75. The molecule has 0 aliphatic rings. The third-order valence-electron chi connectivity index (χ3n) is 4.47. The molecule has 3 aromatic rings. The Balaban J connectivity index is 1.96. The second-order valence-corrected chi connectivity index (χ2v) is 8.54. The van der Waals surface area contributed by atoms with Gasteiger partial charge in [-0.3, -0.25) is 4.79 Å². The van der Waals surface area contributed by atoms with E-state index in [0.717, 1.165) is 15.4 Å². The van der Waals surface area contributed by atoms with Crippen LogP contribution in [0.4, 0.5) is 5.69 Å². The van der Waals surface area contributed by atoms with Crippen LogP contribution in [0.25, 0.3) is 0 Å². The fourth-order valence-electron chi connectivity index (χ4n) is 2.85. The van der Waals surface area contributed by atoms with Crippen LogP contribution in [0, 0.1) is 13.8 Å². The zero-order valence-corrected chi connectivity index (χ0v) is 17.8. The summed E-state index contributed by atoms with van der Waals surface area (Å²) in [7, 11) is -2.64. The minimum absolute atomic E-state index is 0.0271. The number of sulfonamides is 1. The lowest BCUT2D eigenvalue weighted by Gasteiger charge is -2.23. The molecular formula is C23H23NO5S. The summed E-state index contributed by atoms with van der Waals surface area (Å²) in [4.78, 5) is 13.1. The topological polar surface area (TPSA) is 72.9 Å². The lowest BCUT2D eigenvalue weighted by atomic mass is 10.2. The molecule has 0 spiro atoms. The highest BCUT2D eigenvalue weighted by atomic mass is 32.2. The number of carbonyl (C=O) groups is 1. The molecule has 156 valence electrons. The maximum absolute atomic E-state index is 13.3. The fourth-order valence-corrected chi connectivity index (χ4v) is 4.26. The van der Waals surface area contributed by atoms with Gasteiger partial charge in [-0.15, -0.1) is 0 Å². The maximum Gasteiger partial charge on any atom is 0.278 e. The van der Waals surface area contributed by atoms with Gasteiger partial charge >= 0.3 is 0 Å². The number of hydrogen-bond donors (Lipinski definition) is 0. The second kappa shape index (κ2) is 9.00. The van der Waals surface area contributed by atoms with E-state index < -0.39 is 22.5 Å². The van der Waals surface area contributed by atoms with Crippen molar-refractivity contribution in [1.82, 2.24) is 0 Å². The van der Waals surface area contributed by atoms with Gasteiger partial charge in [-0.25, -0.2) is 8.42 Å². The van der Waals surface area contributed by atoms with Gasteiger partial charge in [-0.05, 0) is 50.2 Å². The molecule has 0 N–H and O–H groups in total. The Morgan fingerprint density at radius 3 is 1.93 bits per heavy atom. The first kappa shape index (κ1) is 21.4. The van der Waals surface area contributed by atoms with Crippen molar-refractivity contribution in [3.8, 4) is 11.5 Å². The van der Waals surface area contributed by atoms with Crippen molar-refractivity contribution in [1.29, 1.82) is 0 Å². The van der Waals surface area contributed by atoms with E-state index in [4.69, 9.17) is 9.47 Å². The third-order valence-corrected chi connectivity index (χ3v) is 6.24. The first-order chi connectivity index (χ1) is 14.3. The van der Waals surface area contributed by atoms with Crippen LogP contribution >= 0.6 is 0 Å². The number of methoxy groups -OCH3 is 1. The van der Waals surface area contributed by atoms with E-state index in [1.165, 1.54) is 19.2 Å². The number of para-hydroxylation sites is 2. The van der Waals surface area contributed by atoms with Crippen LogP contribution in [0.15, 0.2) is 77.7 Å². The molecule has 0 radical (unpaired) electrons. The number of amides is 1. The normalized spacial score (nSPS) is 11.0. The predicted molar refractivity (Wildman–Crippen MR) is 116 cm³/mol. The number of aryl methyl sites for hydroxylation is 2. The quantitative estimate of drug-likeness (QED) is 0.570. The van der Waals surface area contributed by atoms with Crippen LogP contribution in [0.3, 0.4) is 0 Å². The van der Waals surface area contributed by atoms with Crippen molar-refractivity contribution in [2.24, 2.45) is 0 Å². The average Bonchev–Trinajstić information content (AvgIpc) is 2.74. The van der Waals surface area contributed by atoms with Crippen molar-refractivity contribution in [3.05, 3.63) is 83.9 Å². The predicted octanol–water partition coefficient (Wildman–Crippen LogP) is 4.11. The van der Waals surface area contributed by atoms with Gasteiger partial charge in [0.1, 0.15) is 0 Å². The highest BCUT2D eigenvalue weighted by molar-refractivity contribution is 7.93. The third kappa shape index (κ3) is 4.63. The van der Waals surface area contributed by atoms with E-state index in [2.05, 4.69) is 0 Å². The number of ether oxygens (including phenoxy) is 2. The van der Waals surface area contributed by atoms with Crippen LogP contribution in [0.5, 0.6) is 11.5 Å². The summed E-state index contributed by atoms with van der Waals surface area (Å²) in [5.74, 6) is 0.0869. The smallest absolute Gasteiger partial charge is 0.278 e. The number of carbonyl (C=O) groups excluding carboxylic acids is 1. The Kier molecular flexibility index (Phi) is 6.42. The van der Waals surface area contributed by atoms with Gasteiger partial charge in [0.15, 0.2) is 18.1 Å². The molecule has 6 nitrogen and oxygen atoms in total. The molecule has 0 heterocycles. The zero-order chi connectivity index (χ0) is 21.7. The Morgan fingerprint density at radius 1 is 0.833 bits per heavy atom. The molecule has 0 saturated heterocycles. The van der Waals surface area contributed by atoms with Crippen LogP contribution in [0.1, 0.15) is 11.1 Å². The van der Waals surface area contributed by atoms with Crippen LogP contribution in [-0.4, -0.2) is 28.0 Å². The van der Waals surface area contributed by atoms with E-state index in [1.807, 2.05) is 13.8 Å². The SMILES string of the molecule is COc1ccccc1OCC(=O)N(c1ccc(C)cc1)S(=O)(=O)c1ccc(C)cc1. The summed E-state index contributed by atoms with van der Waals surface area (Å²) in [6.07, 6.45) is 0. The molecule has 0 atom stereocenters. The minimum atomic E-state index is -4.13. The van der Waals surface area contributed by atoms with Crippen molar-refractivity contribution >= 4 is 21.6 Å². The molecule has 0 unspecified atom stereocenters. The van der Waals surface area contributed by atoms with Crippen molar-refractivity contribution in [2.75, 3.05) is 18.0 Å². The first-order valence-electron chi connectivity index (χ1n) is 9.30. The lowest BCUT2D eigenvalue weighted by molar-refractivity contribution is -0.119. The van der Waals surface area contributed by atoms with Gasteiger partial charge in [0.25, 0.3) is 15.9 Å². The number of hydrogen-bond acceptors (Lipinski definition) is 5. The molecule has 7 heteroatoms. The summed E-state index contributed by atoms with van der Waals surface area (Å²) >= 11 is 0. The van der Waals surface area contributed by atoms with Gasteiger partial charge in [0.05, 0.1) is 17.7 Å². The molecule has 0 aliphatic heterocycles. The standard InChI is InChI=1S/C23H23NO5S/c1-17-8-12-19(13-9-17)24(30(26,27)20-14-10-18(2)11-15-20)23(25)16-29-22-7-5-4-6-21(22)28-3/h4-15H,16H2,1-3H3. The summed E-state index contributed by atoms with van der Waals surface area (Å²) in [5, 5.41) is 0. The lowest BCUT2D eigenvalue weighted by Crippen LogP contribution is -2.40. The number of rotatable bonds is 7. The molecule has 1 amide bonds. The number of anilines is 1. The summed E-state index contributed by atoms with van der Waals surface area (Å²) < 4.78 is 38.2. The molecule has 0 saturated carbocycles. The highest BCUT2D eigenvalue weighted by Gasteiger charge is 2.31. The van der Waals surface area contributed by atoms with Gasteiger partial charge in [-0.1, -0.05) is 47.5 Å². The molecule has 3 rings (SSSR count). The monoisotopic (exact) mass is 425 g/mol. The van der Waals surface area contributed by atoms with E-state index in [1.54, 1.807) is 60.7 Å². The summed E-state index contributed by atoms with van der Waals surface area (Å²) in [6.45, 7) is 3.27. The number of nitrogens with zero attached hydrogens (tertiary/aromatic N) is 1. The van der Waals surface area contributed by atoms with Gasteiger partial charge in [-0.2, -0.15) is 4.31 Å². The van der Waals surface area contributed by atoms with Crippen LogP contribution < -0.4 is 13.8 Å². The van der Waals surface area contributed by atoms with Crippen LogP contribution in [0.2, 0.25) is 0 Å². The van der Waals surface area contributed by atoms with E-state index in [9.17, 15) is 13.2 Å². The summed E-state index contributed by atoms with van der Waals surface area (Å²) in [6, 6.07) is 19.9. The first-order valence-corrected chi connectivity index (χ1v) is 10.7. The van der Waals surface area contributed by atoms with Crippen molar-refractivity contribution in [3.63, 3.8) is 0 Å². The molecule has 0 fully saturated rings. The van der Waals surface area contributed by atoms with E-state index in [0.29, 0.717) is 11.5 Å². The highest BCUT2D eigenvalue weighted by Crippen LogP contribution is 2.28. The van der Waals surface area contributed by atoms with E-state index in [-0.39, 0.29) is 10.6 Å². The van der Waals surface area contributed by atoms with Gasteiger partial charge in [0.2, 0.25) is 0 Å². The largest absolute Gasteiger partial charge is 0.493 e. The fraction of sp³-hybridized carbons (Fsp3) is 0.174. The molecular weight excluding hydrogens is 402 g/mol. The number of benzene rings is 3. The molecule has 3 aromatic carbocycles. The summed E-state index contributed by atoms with van der Waals surface area (Å²) in [5.41, 5.74) is 2.11. The minimum Gasteiger partial charge on any atom is -0.493 e. The molecule has 30 heavy (non-hydrogen) atoms. The Labute approximate surface area is 176 Å². The zero-order valence-electron chi connectivity index (χ0n) is 17.0. The Morgan fingerprint density at radius 2 is 1.37 bits per heavy atom. The van der Waals surface area contributed by atoms with E-state index >= 15 is 0 Å². The molecule has 0 bridgehead atoms. The Hall–Kier alpha value is -3.32. The van der Waals surface area contributed by atoms with Crippen molar-refractivity contribution in [2.45, 2.75) is 18.7 Å². The van der Waals surface area contributed by atoms with Gasteiger partial charge in [0, 0.05) is 0 Å². The van der Waals surface area contributed by atoms with Crippen molar-refractivity contribution < 1.29 is 22.7 Å². The maximum atomic E-state index is 13.3.